The molecule has 0 saturated heterocycles. The van der Waals surface area contributed by atoms with Gasteiger partial charge in [-0.2, -0.15) is 0 Å². The predicted molar refractivity (Wildman–Crippen MR) is 67.8 cm³/mol. The third kappa shape index (κ3) is 2.24. The van der Waals surface area contributed by atoms with Crippen LogP contribution in [-0.4, -0.2) is 15.6 Å². The van der Waals surface area contributed by atoms with Crippen LogP contribution in [0.1, 0.15) is 23.5 Å². The summed E-state index contributed by atoms with van der Waals surface area (Å²) < 4.78 is 2.21. The second-order valence-electron chi connectivity index (χ2n) is 4.76. The fourth-order valence-corrected chi connectivity index (χ4v) is 2.42. The van der Waals surface area contributed by atoms with Crippen molar-refractivity contribution in [2.24, 2.45) is 5.73 Å². The summed E-state index contributed by atoms with van der Waals surface area (Å²) in [5.41, 5.74) is 8.43. The quantitative estimate of drug-likeness (QED) is 0.849. The molecule has 3 rings (SSSR count). The predicted octanol–water partition coefficient (Wildman–Crippen LogP) is 1.75. The Balaban J connectivity index is 1.81. The Hall–Kier alpha value is -1.61. The zero-order chi connectivity index (χ0) is 11.7. The molecule has 0 amide bonds. The summed E-state index contributed by atoms with van der Waals surface area (Å²) in [7, 11) is 0. The molecular weight excluding hydrogens is 210 g/mol. The number of fused-ring (bicyclic) bond motifs is 1. The first-order chi connectivity index (χ1) is 8.31. The van der Waals surface area contributed by atoms with Crippen molar-refractivity contribution in [1.82, 2.24) is 9.55 Å². The fourth-order valence-electron chi connectivity index (χ4n) is 2.42. The molecule has 2 N–H and O–H groups in total. The van der Waals surface area contributed by atoms with E-state index in [2.05, 4.69) is 40.0 Å². The maximum absolute atomic E-state index is 5.96. The molecule has 1 aliphatic heterocycles. The van der Waals surface area contributed by atoms with Crippen molar-refractivity contribution < 1.29 is 0 Å². The van der Waals surface area contributed by atoms with E-state index in [1.807, 2.05) is 6.07 Å². The van der Waals surface area contributed by atoms with E-state index >= 15 is 0 Å². The number of nitrogens with two attached hydrogens (primary N) is 1. The van der Waals surface area contributed by atoms with Crippen molar-refractivity contribution in [3.05, 3.63) is 53.6 Å². The van der Waals surface area contributed by atoms with Crippen LogP contribution in [0.4, 0.5) is 0 Å². The van der Waals surface area contributed by atoms with Crippen molar-refractivity contribution in [3.8, 4) is 0 Å². The van der Waals surface area contributed by atoms with Gasteiger partial charge in [0.1, 0.15) is 5.82 Å². The zero-order valence-electron chi connectivity index (χ0n) is 9.84. The van der Waals surface area contributed by atoms with Gasteiger partial charge in [0.05, 0.1) is 5.69 Å². The molecule has 2 aromatic rings. The Labute approximate surface area is 101 Å². The van der Waals surface area contributed by atoms with Gasteiger partial charge < -0.3 is 10.3 Å². The third-order valence-corrected chi connectivity index (χ3v) is 3.31. The van der Waals surface area contributed by atoms with E-state index in [1.54, 1.807) is 0 Å². The van der Waals surface area contributed by atoms with E-state index in [0.717, 1.165) is 31.5 Å². The van der Waals surface area contributed by atoms with E-state index in [9.17, 15) is 0 Å². The Morgan fingerprint density at radius 2 is 2.12 bits per heavy atom. The van der Waals surface area contributed by atoms with Gasteiger partial charge in [0, 0.05) is 31.6 Å². The number of aryl methyl sites for hydroxylation is 1. The summed E-state index contributed by atoms with van der Waals surface area (Å²) in [6, 6.07) is 10.8. The number of aromatic nitrogens is 2. The van der Waals surface area contributed by atoms with Crippen LogP contribution in [0, 0.1) is 0 Å². The normalized spacial score (nSPS) is 19.0. The molecule has 0 radical (unpaired) electrons. The van der Waals surface area contributed by atoms with Crippen LogP contribution in [0.25, 0.3) is 0 Å². The first-order valence-electron chi connectivity index (χ1n) is 6.16. The molecule has 0 aliphatic carbocycles. The SMILES string of the molecule is NC1CCc2nc(Cc3ccccc3)cn2C1. The Morgan fingerprint density at radius 1 is 1.29 bits per heavy atom. The molecular formula is C14H17N3. The van der Waals surface area contributed by atoms with Gasteiger partial charge in [-0.1, -0.05) is 30.3 Å². The topological polar surface area (TPSA) is 43.8 Å². The van der Waals surface area contributed by atoms with E-state index in [1.165, 1.54) is 11.4 Å². The maximum Gasteiger partial charge on any atom is 0.109 e. The summed E-state index contributed by atoms with van der Waals surface area (Å²) in [6.45, 7) is 0.914. The lowest BCUT2D eigenvalue weighted by atomic mass is 10.1. The van der Waals surface area contributed by atoms with Gasteiger partial charge in [0.2, 0.25) is 0 Å². The highest BCUT2D eigenvalue weighted by Gasteiger charge is 2.17. The average molecular weight is 227 g/mol. The van der Waals surface area contributed by atoms with Gasteiger partial charge in [-0.15, -0.1) is 0 Å². The minimum Gasteiger partial charge on any atom is -0.333 e. The van der Waals surface area contributed by atoms with Crippen molar-refractivity contribution in [2.75, 3.05) is 0 Å². The largest absolute Gasteiger partial charge is 0.333 e. The number of hydrogen-bond acceptors (Lipinski definition) is 2. The summed E-state index contributed by atoms with van der Waals surface area (Å²) in [4.78, 5) is 4.69. The second kappa shape index (κ2) is 4.34. The maximum atomic E-state index is 5.96. The van der Waals surface area contributed by atoms with Crippen LogP contribution < -0.4 is 5.73 Å². The molecule has 3 nitrogen and oxygen atoms in total. The smallest absolute Gasteiger partial charge is 0.109 e. The monoisotopic (exact) mass is 227 g/mol. The van der Waals surface area contributed by atoms with E-state index in [4.69, 9.17) is 5.73 Å². The summed E-state index contributed by atoms with van der Waals surface area (Å²) >= 11 is 0. The lowest BCUT2D eigenvalue weighted by molar-refractivity contribution is 0.453. The summed E-state index contributed by atoms with van der Waals surface area (Å²) in [5.74, 6) is 1.19. The molecule has 0 spiro atoms. The third-order valence-electron chi connectivity index (χ3n) is 3.31. The highest BCUT2D eigenvalue weighted by Crippen LogP contribution is 2.16. The fraction of sp³-hybridized carbons (Fsp3) is 0.357. The van der Waals surface area contributed by atoms with Crippen molar-refractivity contribution in [3.63, 3.8) is 0 Å². The molecule has 17 heavy (non-hydrogen) atoms. The zero-order valence-corrected chi connectivity index (χ0v) is 9.84. The van der Waals surface area contributed by atoms with Gasteiger partial charge >= 0.3 is 0 Å². The van der Waals surface area contributed by atoms with Gasteiger partial charge in [-0.05, 0) is 12.0 Å². The second-order valence-corrected chi connectivity index (χ2v) is 4.76. The van der Waals surface area contributed by atoms with Crippen LogP contribution in [0.15, 0.2) is 36.5 Å². The van der Waals surface area contributed by atoms with Crippen LogP contribution in [-0.2, 0) is 19.4 Å². The number of imidazole rings is 1. The molecule has 88 valence electrons. The van der Waals surface area contributed by atoms with Gasteiger partial charge in [-0.25, -0.2) is 4.98 Å². The van der Waals surface area contributed by atoms with Crippen LogP contribution in [0.5, 0.6) is 0 Å². The van der Waals surface area contributed by atoms with Crippen LogP contribution in [0.3, 0.4) is 0 Å². The lowest BCUT2D eigenvalue weighted by Crippen LogP contribution is -2.31. The van der Waals surface area contributed by atoms with E-state index in [0.29, 0.717) is 6.04 Å². The van der Waals surface area contributed by atoms with E-state index in [-0.39, 0.29) is 0 Å². The molecule has 2 heterocycles. The summed E-state index contributed by atoms with van der Waals surface area (Å²) in [5, 5.41) is 0. The Morgan fingerprint density at radius 3 is 2.94 bits per heavy atom. The lowest BCUT2D eigenvalue weighted by Gasteiger charge is -2.19. The molecule has 1 unspecified atom stereocenters. The molecule has 1 aliphatic rings. The van der Waals surface area contributed by atoms with Gasteiger partial charge in [0.25, 0.3) is 0 Å². The van der Waals surface area contributed by atoms with Crippen molar-refractivity contribution in [1.29, 1.82) is 0 Å². The number of rotatable bonds is 2. The van der Waals surface area contributed by atoms with Crippen molar-refractivity contribution >= 4 is 0 Å². The standard InChI is InChI=1S/C14H17N3/c15-12-6-7-14-16-13(10-17(14)9-12)8-11-4-2-1-3-5-11/h1-5,10,12H,6-9,15H2. The molecule has 1 atom stereocenters. The number of benzene rings is 1. The first-order valence-corrected chi connectivity index (χ1v) is 6.16. The molecule has 1 aromatic heterocycles. The molecule has 0 bridgehead atoms. The first kappa shape index (κ1) is 10.5. The molecule has 0 saturated carbocycles. The average Bonchev–Trinajstić information content (AvgIpc) is 2.71. The van der Waals surface area contributed by atoms with Crippen LogP contribution >= 0.6 is 0 Å². The van der Waals surface area contributed by atoms with Crippen LogP contribution in [0.2, 0.25) is 0 Å². The number of hydrogen-bond donors (Lipinski definition) is 1. The van der Waals surface area contributed by atoms with E-state index < -0.39 is 0 Å². The highest BCUT2D eigenvalue weighted by molar-refractivity contribution is 5.21. The minimum absolute atomic E-state index is 0.293. The molecule has 1 aromatic carbocycles. The Bertz CT molecular complexity index is 501. The Kier molecular flexibility index (Phi) is 2.69. The summed E-state index contributed by atoms with van der Waals surface area (Å²) in [6.07, 6.45) is 5.13. The highest BCUT2D eigenvalue weighted by atomic mass is 15.1. The van der Waals surface area contributed by atoms with Gasteiger partial charge in [0.15, 0.2) is 0 Å². The minimum atomic E-state index is 0.293. The number of nitrogens with zero attached hydrogens (tertiary/aromatic N) is 2. The van der Waals surface area contributed by atoms with Gasteiger partial charge in [-0.3, -0.25) is 0 Å². The molecule has 3 heteroatoms. The molecule has 0 fully saturated rings. The van der Waals surface area contributed by atoms with Crippen molar-refractivity contribution in [2.45, 2.75) is 31.8 Å².